The predicted octanol–water partition coefficient (Wildman–Crippen LogP) is 3.53. The second-order valence-electron chi connectivity index (χ2n) is 5.54. The van der Waals surface area contributed by atoms with Gasteiger partial charge in [-0.1, -0.05) is 23.7 Å². The summed E-state index contributed by atoms with van der Waals surface area (Å²) in [5, 5.41) is 20.9. The lowest BCUT2D eigenvalue weighted by molar-refractivity contribution is -0.145. The number of aromatic nitrogens is 1. The molecule has 0 saturated heterocycles. The highest BCUT2D eigenvalue weighted by molar-refractivity contribution is 7.13. The maximum atomic E-state index is 12.1. The van der Waals surface area contributed by atoms with Crippen molar-refractivity contribution < 1.29 is 24.6 Å². The Morgan fingerprint density at radius 1 is 1.16 bits per heavy atom. The first-order valence-electron chi connectivity index (χ1n) is 7.52. The quantitative estimate of drug-likeness (QED) is 0.688. The minimum Gasteiger partial charge on any atom is -0.481 e. The topological polar surface area (TPSA) is 105 Å². The van der Waals surface area contributed by atoms with Crippen LogP contribution in [0.1, 0.15) is 25.0 Å². The van der Waals surface area contributed by atoms with Crippen LogP contribution in [0.25, 0.3) is 10.6 Å². The van der Waals surface area contributed by atoms with Crippen molar-refractivity contribution in [3.8, 4) is 10.6 Å². The largest absolute Gasteiger partial charge is 0.481 e. The molecule has 8 heteroatoms. The summed E-state index contributed by atoms with van der Waals surface area (Å²) in [7, 11) is 0. The zero-order valence-corrected chi connectivity index (χ0v) is 14.7. The lowest BCUT2D eigenvalue weighted by Gasteiger charge is -2.09. The predicted molar refractivity (Wildman–Crippen MR) is 93.9 cm³/mol. The Morgan fingerprint density at radius 3 is 2.44 bits per heavy atom. The van der Waals surface area contributed by atoms with Crippen LogP contribution < -0.4 is 0 Å². The monoisotopic (exact) mass is 381 g/mol. The van der Waals surface area contributed by atoms with Gasteiger partial charge in [-0.05, 0) is 18.6 Å². The Hall–Kier alpha value is -2.25. The summed E-state index contributed by atoms with van der Waals surface area (Å²) in [6.45, 7) is 0. The van der Waals surface area contributed by atoms with Gasteiger partial charge in [0.25, 0.3) is 0 Å². The Bertz CT molecular complexity index is 772. The molecule has 0 aliphatic carbocycles. The highest BCUT2D eigenvalue weighted by Gasteiger charge is 2.22. The van der Waals surface area contributed by atoms with E-state index >= 15 is 0 Å². The molecule has 0 saturated carbocycles. The number of carboxylic acids is 2. The summed E-state index contributed by atoms with van der Waals surface area (Å²) >= 11 is 7.24. The number of thiazole rings is 1. The van der Waals surface area contributed by atoms with Gasteiger partial charge in [-0.2, -0.15) is 0 Å². The summed E-state index contributed by atoms with van der Waals surface area (Å²) in [6.07, 6.45) is -0.511. The molecule has 1 atom stereocenters. The molecule has 0 fully saturated rings. The number of aliphatic carboxylic acids is 2. The second-order valence-corrected chi connectivity index (χ2v) is 6.83. The Labute approximate surface area is 153 Å². The maximum Gasteiger partial charge on any atom is 0.306 e. The fraction of sp³-hybridized carbons (Fsp3) is 0.294. The summed E-state index contributed by atoms with van der Waals surface area (Å²) in [4.78, 5) is 38.2. The third-order valence-corrected chi connectivity index (χ3v) is 4.74. The molecule has 2 N–H and O–H groups in total. The second kappa shape index (κ2) is 8.73. The number of rotatable bonds is 9. The van der Waals surface area contributed by atoms with Crippen LogP contribution in [0.4, 0.5) is 0 Å². The standard InChI is InChI=1S/C17H16ClNO5S/c18-12-4-1-10(2-5-12)16-19-13(9-25-16)8-14(20)7-11(17(23)24)3-6-15(21)22/h1-2,4-5,9,11H,3,6-8H2,(H,21,22)(H,23,24)/t11-/m1/s1. The molecule has 0 aliphatic rings. The first-order chi connectivity index (χ1) is 11.8. The SMILES string of the molecule is O=C(O)CC[C@H](CC(=O)Cc1csc(-c2ccc(Cl)cc2)n1)C(=O)O. The van der Waals surface area contributed by atoms with E-state index in [9.17, 15) is 14.4 Å². The summed E-state index contributed by atoms with van der Waals surface area (Å²) in [5.74, 6) is -3.50. The number of hydrogen-bond acceptors (Lipinski definition) is 5. The van der Waals surface area contributed by atoms with Crippen molar-refractivity contribution in [1.82, 2.24) is 4.98 Å². The van der Waals surface area contributed by atoms with E-state index in [0.29, 0.717) is 10.7 Å². The van der Waals surface area contributed by atoms with Gasteiger partial charge >= 0.3 is 11.9 Å². The lowest BCUT2D eigenvalue weighted by Crippen LogP contribution is -2.20. The van der Waals surface area contributed by atoms with Crippen molar-refractivity contribution in [1.29, 1.82) is 0 Å². The van der Waals surface area contributed by atoms with Gasteiger partial charge in [-0.25, -0.2) is 4.98 Å². The summed E-state index contributed by atoms with van der Waals surface area (Å²) < 4.78 is 0. The number of hydrogen-bond donors (Lipinski definition) is 2. The van der Waals surface area contributed by atoms with Crippen LogP contribution in [0.3, 0.4) is 0 Å². The molecule has 0 unspecified atom stereocenters. The van der Waals surface area contributed by atoms with Gasteiger partial charge in [-0.3, -0.25) is 14.4 Å². The van der Waals surface area contributed by atoms with Gasteiger partial charge in [0.1, 0.15) is 10.8 Å². The maximum absolute atomic E-state index is 12.1. The Balaban J connectivity index is 1.97. The van der Waals surface area contributed by atoms with Crippen LogP contribution in [0.15, 0.2) is 29.6 Å². The van der Waals surface area contributed by atoms with Crippen molar-refractivity contribution in [3.05, 3.63) is 40.4 Å². The minimum atomic E-state index is -1.16. The molecule has 6 nitrogen and oxygen atoms in total. The molecule has 25 heavy (non-hydrogen) atoms. The summed E-state index contributed by atoms with van der Waals surface area (Å²) in [6, 6.07) is 7.17. The Kier molecular flexibility index (Phi) is 6.66. The number of carbonyl (C=O) groups is 3. The molecule has 0 amide bonds. The van der Waals surface area contributed by atoms with E-state index in [0.717, 1.165) is 10.6 Å². The zero-order valence-electron chi connectivity index (χ0n) is 13.1. The molecule has 0 aliphatic heterocycles. The fourth-order valence-electron chi connectivity index (χ4n) is 2.27. The van der Waals surface area contributed by atoms with Crippen molar-refractivity contribution in [2.45, 2.75) is 25.7 Å². The molecule has 1 aromatic carbocycles. The molecule has 0 bridgehead atoms. The highest BCUT2D eigenvalue weighted by Crippen LogP contribution is 2.25. The van der Waals surface area contributed by atoms with E-state index in [1.807, 2.05) is 12.1 Å². The third-order valence-electron chi connectivity index (χ3n) is 3.55. The van der Waals surface area contributed by atoms with E-state index in [2.05, 4.69) is 4.98 Å². The van der Waals surface area contributed by atoms with Crippen molar-refractivity contribution >= 4 is 40.7 Å². The van der Waals surface area contributed by atoms with E-state index in [-0.39, 0.29) is 31.5 Å². The number of carboxylic acid groups (broad SMARTS) is 2. The number of carbonyl (C=O) groups excluding carboxylic acids is 1. The third kappa shape index (κ3) is 5.95. The lowest BCUT2D eigenvalue weighted by atomic mass is 9.95. The normalized spacial score (nSPS) is 11.9. The van der Waals surface area contributed by atoms with E-state index in [4.69, 9.17) is 21.8 Å². The smallest absolute Gasteiger partial charge is 0.306 e. The molecule has 2 rings (SSSR count). The summed E-state index contributed by atoms with van der Waals surface area (Å²) in [5.41, 5.74) is 1.46. The Morgan fingerprint density at radius 2 is 1.84 bits per heavy atom. The van der Waals surface area contributed by atoms with Crippen molar-refractivity contribution in [2.75, 3.05) is 0 Å². The van der Waals surface area contributed by atoms with Gasteiger partial charge in [0, 0.05) is 35.2 Å². The van der Waals surface area contributed by atoms with Crippen LogP contribution in [-0.4, -0.2) is 32.9 Å². The molecular formula is C17H16ClNO5S. The van der Waals surface area contributed by atoms with Gasteiger partial charge in [-0.15, -0.1) is 11.3 Å². The molecule has 132 valence electrons. The molecular weight excluding hydrogens is 366 g/mol. The number of benzene rings is 1. The first-order valence-corrected chi connectivity index (χ1v) is 8.77. The van der Waals surface area contributed by atoms with Crippen LogP contribution in [0.5, 0.6) is 0 Å². The zero-order chi connectivity index (χ0) is 18.4. The van der Waals surface area contributed by atoms with Crippen LogP contribution >= 0.6 is 22.9 Å². The number of Topliss-reactive ketones (excluding diaryl/α,β-unsaturated/α-hetero) is 1. The van der Waals surface area contributed by atoms with Gasteiger partial charge in [0.05, 0.1) is 11.6 Å². The van der Waals surface area contributed by atoms with E-state index < -0.39 is 17.9 Å². The van der Waals surface area contributed by atoms with Crippen molar-refractivity contribution in [2.24, 2.45) is 5.92 Å². The van der Waals surface area contributed by atoms with E-state index in [1.165, 1.54) is 11.3 Å². The minimum absolute atomic E-state index is 0.0287. The average Bonchev–Trinajstić information content (AvgIpc) is 3.00. The molecule has 0 spiro atoms. The fourth-order valence-corrected chi connectivity index (χ4v) is 3.22. The number of ketones is 1. The van der Waals surface area contributed by atoms with E-state index in [1.54, 1.807) is 17.5 Å². The highest BCUT2D eigenvalue weighted by atomic mass is 35.5. The molecule has 1 aromatic heterocycles. The first kappa shape index (κ1) is 19.1. The van der Waals surface area contributed by atoms with Gasteiger partial charge in [0.15, 0.2) is 0 Å². The van der Waals surface area contributed by atoms with Crippen molar-refractivity contribution in [3.63, 3.8) is 0 Å². The van der Waals surface area contributed by atoms with Gasteiger partial charge < -0.3 is 10.2 Å². The van der Waals surface area contributed by atoms with Crippen LogP contribution in [0.2, 0.25) is 5.02 Å². The average molecular weight is 382 g/mol. The number of nitrogens with zero attached hydrogens (tertiary/aromatic N) is 1. The molecule has 2 aromatic rings. The number of halogens is 1. The molecule has 0 radical (unpaired) electrons. The van der Waals surface area contributed by atoms with Crippen LogP contribution in [0, 0.1) is 5.92 Å². The van der Waals surface area contributed by atoms with Crippen LogP contribution in [-0.2, 0) is 20.8 Å². The molecule has 1 heterocycles. The van der Waals surface area contributed by atoms with Gasteiger partial charge in [0.2, 0.25) is 0 Å².